The standard InChI is InChI=1S/C14H24N4O/c1-11-8-13-15-16-14(10-19-2)18(13)7-6-17(11)9-12-4-3-5-12/h11-12H,3-10H2,1-2H3/t11-/m1/s1. The van der Waals surface area contributed by atoms with E-state index in [1.807, 2.05) is 0 Å². The molecule has 106 valence electrons. The van der Waals surface area contributed by atoms with Gasteiger partial charge in [0.1, 0.15) is 12.4 Å². The Morgan fingerprint density at radius 3 is 2.79 bits per heavy atom. The fraction of sp³-hybridized carbons (Fsp3) is 0.857. The van der Waals surface area contributed by atoms with Crippen LogP contribution in [0, 0.1) is 5.92 Å². The first-order valence-electron chi connectivity index (χ1n) is 7.42. The van der Waals surface area contributed by atoms with E-state index in [9.17, 15) is 0 Å². The number of aromatic nitrogens is 3. The summed E-state index contributed by atoms with van der Waals surface area (Å²) >= 11 is 0. The van der Waals surface area contributed by atoms with Gasteiger partial charge in [0.2, 0.25) is 0 Å². The number of nitrogens with zero attached hydrogens (tertiary/aromatic N) is 4. The van der Waals surface area contributed by atoms with Crippen LogP contribution in [0.1, 0.15) is 37.8 Å². The quantitative estimate of drug-likeness (QED) is 0.826. The Bertz CT molecular complexity index is 427. The first-order chi connectivity index (χ1) is 9.28. The lowest BCUT2D eigenvalue weighted by molar-refractivity contribution is 0.139. The van der Waals surface area contributed by atoms with Crippen LogP contribution < -0.4 is 0 Å². The van der Waals surface area contributed by atoms with Gasteiger partial charge in [-0.2, -0.15) is 0 Å². The maximum atomic E-state index is 5.20. The van der Waals surface area contributed by atoms with E-state index in [1.54, 1.807) is 7.11 Å². The molecule has 5 nitrogen and oxygen atoms in total. The zero-order chi connectivity index (χ0) is 13.2. The summed E-state index contributed by atoms with van der Waals surface area (Å²) in [6.07, 6.45) is 5.27. The summed E-state index contributed by atoms with van der Waals surface area (Å²) in [5.74, 6) is 3.02. The molecule has 1 saturated carbocycles. The van der Waals surface area contributed by atoms with E-state index >= 15 is 0 Å². The van der Waals surface area contributed by atoms with E-state index in [1.165, 1.54) is 25.8 Å². The lowest BCUT2D eigenvalue weighted by atomic mass is 9.85. The van der Waals surface area contributed by atoms with Crippen molar-refractivity contribution in [3.8, 4) is 0 Å². The molecular weight excluding hydrogens is 240 g/mol. The molecule has 3 rings (SSSR count). The maximum Gasteiger partial charge on any atom is 0.159 e. The van der Waals surface area contributed by atoms with Crippen molar-refractivity contribution in [1.29, 1.82) is 0 Å². The number of hydrogen-bond acceptors (Lipinski definition) is 4. The van der Waals surface area contributed by atoms with Gasteiger partial charge in [-0.25, -0.2) is 0 Å². The third-order valence-corrected chi connectivity index (χ3v) is 4.61. The summed E-state index contributed by atoms with van der Waals surface area (Å²) in [5, 5.41) is 8.59. The first kappa shape index (κ1) is 13.1. The number of methoxy groups -OCH3 is 1. The Labute approximate surface area is 114 Å². The fourth-order valence-corrected chi connectivity index (χ4v) is 3.14. The lowest BCUT2D eigenvalue weighted by Crippen LogP contribution is -2.40. The highest BCUT2D eigenvalue weighted by molar-refractivity contribution is 5.00. The molecule has 19 heavy (non-hydrogen) atoms. The summed E-state index contributed by atoms with van der Waals surface area (Å²) in [7, 11) is 1.71. The van der Waals surface area contributed by atoms with Crippen LogP contribution in [0.5, 0.6) is 0 Å². The molecule has 0 spiro atoms. The number of hydrogen-bond donors (Lipinski definition) is 0. The zero-order valence-corrected chi connectivity index (χ0v) is 12.0. The molecule has 0 saturated heterocycles. The predicted octanol–water partition coefficient (Wildman–Crippen LogP) is 1.47. The van der Waals surface area contributed by atoms with Gasteiger partial charge in [-0.3, -0.25) is 4.90 Å². The van der Waals surface area contributed by atoms with Gasteiger partial charge in [0.05, 0.1) is 0 Å². The number of rotatable bonds is 4. The summed E-state index contributed by atoms with van der Waals surface area (Å²) in [6.45, 7) is 6.25. The SMILES string of the molecule is COCc1nnc2n1CCN(CC1CCC1)[C@H](C)C2. The van der Waals surface area contributed by atoms with Gasteiger partial charge in [0.15, 0.2) is 5.82 Å². The smallest absolute Gasteiger partial charge is 0.159 e. The van der Waals surface area contributed by atoms with E-state index in [0.29, 0.717) is 12.6 Å². The molecule has 0 amide bonds. The largest absolute Gasteiger partial charge is 0.377 e. The number of fused-ring (bicyclic) bond motifs is 1. The minimum Gasteiger partial charge on any atom is -0.377 e. The predicted molar refractivity (Wildman–Crippen MR) is 72.8 cm³/mol. The highest BCUT2D eigenvalue weighted by Crippen LogP contribution is 2.28. The molecule has 0 N–H and O–H groups in total. The van der Waals surface area contributed by atoms with Crippen LogP contribution in [0.25, 0.3) is 0 Å². The molecule has 1 atom stereocenters. The number of ether oxygens (including phenoxy) is 1. The lowest BCUT2D eigenvalue weighted by Gasteiger charge is -2.34. The van der Waals surface area contributed by atoms with Gasteiger partial charge in [-0.1, -0.05) is 6.42 Å². The van der Waals surface area contributed by atoms with Gasteiger partial charge < -0.3 is 9.30 Å². The molecule has 2 heterocycles. The molecule has 5 heteroatoms. The summed E-state index contributed by atoms with van der Waals surface area (Å²) in [5.41, 5.74) is 0. The van der Waals surface area contributed by atoms with E-state index < -0.39 is 0 Å². The van der Waals surface area contributed by atoms with Gasteiger partial charge in [-0.05, 0) is 25.7 Å². The molecule has 1 aromatic rings. The topological polar surface area (TPSA) is 43.2 Å². The molecular formula is C14H24N4O. The van der Waals surface area contributed by atoms with Crippen molar-refractivity contribution in [2.75, 3.05) is 20.2 Å². The third-order valence-electron chi connectivity index (χ3n) is 4.61. The van der Waals surface area contributed by atoms with Crippen LogP contribution in [0.2, 0.25) is 0 Å². The van der Waals surface area contributed by atoms with Crippen molar-refractivity contribution in [3.63, 3.8) is 0 Å². The van der Waals surface area contributed by atoms with Gasteiger partial charge in [-0.15, -0.1) is 10.2 Å². The third kappa shape index (κ3) is 2.67. The van der Waals surface area contributed by atoms with Crippen LogP contribution in [0.3, 0.4) is 0 Å². The Kier molecular flexibility index (Phi) is 3.84. The normalized spacial score (nSPS) is 24.8. The maximum absolute atomic E-state index is 5.20. The van der Waals surface area contributed by atoms with Crippen LogP contribution in [-0.2, 0) is 24.3 Å². The van der Waals surface area contributed by atoms with Crippen molar-refractivity contribution < 1.29 is 4.74 Å². The highest BCUT2D eigenvalue weighted by atomic mass is 16.5. The summed E-state index contributed by atoms with van der Waals surface area (Å²) < 4.78 is 7.45. The van der Waals surface area contributed by atoms with E-state index in [2.05, 4.69) is 26.6 Å². The minimum atomic E-state index is 0.560. The van der Waals surface area contributed by atoms with Crippen LogP contribution >= 0.6 is 0 Å². The molecule has 0 aromatic carbocycles. The average Bonchev–Trinajstić information content (AvgIpc) is 2.63. The van der Waals surface area contributed by atoms with Crippen molar-refractivity contribution >= 4 is 0 Å². The molecule has 1 aliphatic carbocycles. The monoisotopic (exact) mass is 264 g/mol. The molecule has 0 unspecified atom stereocenters. The average molecular weight is 264 g/mol. The van der Waals surface area contributed by atoms with Crippen LogP contribution in [0.15, 0.2) is 0 Å². The fourth-order valence-electron chi connectivity index (χ4n) is 3.14. The molecule has 2 aliphatic rings. The van der Waals surface area contributed by atoms with Crippen molar-refractivity contribution in [1.82, 2.24) is 19.7 Å². The van der Waals surface area contributed by atoms with Crippen molar-refractivity contribution in [2.45, 2.75) is 51.8 Å². The zero-order valence-electron chi connectivity index (χ0n) is 12.0. The molecule has 0 bridgehead atoms. The molecule has 1 aromatic heterocycles. The molecule has 0 radical (unpaired) electrons. The van der Waals surface area contributed by atoms with Crippen molar-refractivity contribution in [2.24, 2.45) is 5.92 Å². The minimum absolute atomic E-state index is 0.560. The second kappa shape index (κ2) is 5.59. The van der Waals surface area contributed by atoms with E-state index in [4.69, 9.17) is 4.74 Å². The summed E-state index contributed by atoms with van der Waals surface area (Å²) in [4.78, 5) is 2.63. The Balaban J connectivity index is 1.69. The second-order valence-electron chi connectivity index (χ2n) is 5.96. The molecule has 1 aliphatic heterocycles. The van der Waals surface area contributed by atoms with Crippen LogP contribution in [-0.4, -0.2) is 45.9 Å². The van der Waals surface area contributed by atoms with Gasteiger partial charge in [0.25, 0.3) is 0 Å². The van der Waals surface area contributed by atoms with Gasteiger partial charge >= 0.3 is 0 Å². The van der Waals surface area contributed by atoms with E-state index in [0.717, 1.165) is 37.1 Å². The van der Waals surface area contributed by atoms with E-state index in [-0.39, 0.29) is 0 Å². The Morgan fingerprint density at radius 1 is 1.26 bits per heavy atom. The molecule has 1 fully saturated rings. The highest BCUT2D eigenvalue weighted by Gasteiger charge is 2.27. The summed E-state index contributed by atoms with van der Waals surface area (Å²) in [6, 6.07) is 0.571. The first-order valence-corrected chi connectivity index (χ1v) is 7.42. The van der Waals surface area contributed by atoms with Crippen molar-refractivity contribution in [3.05, 3.63) is 11.6 Å². The Morgan fingerprint density at radius 2 is 2.11 bits per heavy atom. The Hall–Kier alpha value is -0.940. The second-order valence-corrected chi connectivity index (χ2v) is 5.96. The van der Waals surface area contributed by atoms with Crippen LogP contribution in [0.4, 0.5) is 0 Å². The van der Waals surface area contributed by atoms with Gasteiger partial charge in [0, 0.05) is 39.2 Å².